The molecule has 1 aliphatic rings. The molecule has 0 saturated carbocycles. The molecule has 1 aromatic rings. The summed E-state index contributed by atoms with van der Waals surface area (Å²) in [5, 5.41) is 6.49. The van der Waals surface area contributed by atoms with Gasteiger partial charge in [0.25, 0.3) is 0 Å². The van der Waals surface area contributed by atoms with Crippen molar-refractivity contribution in [3.05, 3.63) is 23.3 Å². The topological polar surface area (TPSA) is 68.8 Å². The number of nitrogens with one attached hydrogen (secondary N) is 2. The minimum absolute atomic E-state index is 0. The standard InChI is InChI=1S/C19H30N2O4.ClH/c1-13-10-16(24-4)17(25-5)11-15(13)14(2)21-18(22)19(12-23-3)6-8-20-9-7-19;/h10-11,14,20H,6-9,12H2,1-5H3,(H,21,22);1H. The minimum atomic E-state index is -0.460. The van der Waals surface area contributed by atoms with E-state index >= 15 is 0 Å². The number of rotatable bonds is 7. The lowest BCUT2D eigenvalue weighted by molar-refractivity contribution is -0.136. The van der Waals surface area contributed by atoms with E-state index in [0.29, 0.717) is 18.1 Å². The van der Waals surface area contributed by atoms with Crippen LogP contribution in [0.15, 0.2) is 12.1 Å². The Morgan fingerprint density at radius 2 is 1.77 bits per heavy atom. The number of carbonyl (C=O) groups is 1. The molecule has 0 aliphatic carbocycles. The molecular weight excluding hydrogens is 356 g/mol. The number of hydrogen-bond acceptors (Lipinski definition) is 5. The van der Waals surface area contributed by atoms with Gasteiger partial charge in [0.15, 0.2) is 11.5 Å². The van der Waals surface area contributed by atoms with Crippen LogP contribution >= 0.6 is 12.4 Å². The van der Waals surface area contributed by atoms with E-state index in [1.807, 2.05) is 26.0 Å². The Morgan fingerprint density at radius 3 is 2.31 bits per heavy atom. The van der Waals surface area contributed by atoms with Gasteiger partial charge in [-0.3, -0.25) is 4.79 Å². The van der Waals surface area contributed by atoms with Crippen molar-refractivity contribution in [1.29, 1.82) is 0 Å². The molecule has 0 radical (unpaired) electrons. The van der Waals surface area contributed by atoms with E-state index in [0.717, 1.165) is 37.1 Å². The highest BCUT2D eigenvalue weighted by molar-refractivity contribution is 5.85. The van der Waals surface area contributed by atoms with Crippen molar-refractivity contribution in [2.75, 3.05) is 41.0 Å². The largest absolute Gasteiger partial charge is 0.493 e. The minimum Gasteiger partial charge on any atom is -0.493 e. The maximum Gasteiger partial charge on any atom is 0.229 e. The molecule has 148 valence electrons. The summed E-state index contributed by atoms with van der Waals surface area (Å²) in [5.74, 6) is 1.41. The second kappa shape index (κ2) is 10.00. The Hall–Kier alpha value is -1.50. The van der Waals surface area contributed by atoms with Crippen LogP contribution in [0.25, 0.3) is 0 Å². The lowest BCUT2D eigenvalue weighted by Gasteiger charge is -2.36. The van der Waals surface area contributed by atoms with Crippen molar-refractivity contribution in [3.63, 3.8) is 0 Å². The number of ether oxygens (including phenoxy) is 3. The van der Waals surface area contributed by atoms with Gasteiger partial charge in [0.05, 0.1) is 32.3 Å². The highest BCUT2D eigenvalue weighted by atomic mass is 35.5. The van der Waals surface area contributed by atoms with E-state index in [9.17, 15) is 4.79 Å². The van der Waals surface area contributed by atoms with Crippen LogP contribution in [-0.4, -0.2) is 46.9 Å². The van der Waals surface area contributed by atoms with Crippen LogP contribution in [0.3, 0.4) is 0 Å². The van der Waals surface area contributed by atoms with Crippen molar-refractivity contribution in [2.45, 2.75) is 32.7 Å². The molecule has 6 nitrogen and oxygen atoms in total. The molecule has 1 amide bonds. The molecule has 1 aliphatic heterocycles. The number of benzene rings is 1. The summed E-state index contributed by atoms with van der Waals surface area (Å²) in [6.07, 6.45) is 1.56. The van der Waals surface area contributed by atoms with Crippen molar-refractivity contribution >= 4 is 18.3 Å². The average molecular weight is 387 g/mol. The number of piperidine rings is 1. The molecule has 7 heteroatoms. The SMILES string of the molecule is COCC1(C(=O)NC(C)c2cc(OC)c(OC)cc2C)CCNCC1.Cl. The van der Waals surface area contributed by atoms with Gasteiger partial charge in [-0.15, -0.1) is 12.4 Å². The summed E-state index contributed by atoms with van der Waals surface area (Å²) in [6, 6.07) is 3.74. The zero-order valence-electron chi connectivity index (χ0n) is 16.3. The van der Waals surface area contributed by atoms with E-state index in [-0.39, 0.29) is 24.4 Å². The van der Waals surface area contributed by atoms with E-state index in [4.69, 9.17) is 14.2 Å². The fourth-order valence-corrected chi connectivity index (χ4v) is 3.51. The molecule has 1 aromatic carbocycles. The number of amides is 1. The zero-order valence-corrected chi connectivity index (χ0v) is 17.1. The predicted octanol–water partition coefficient (Wildman–Crippen LogP) is 2.63. The van der Waals surface area contributed by atoms with Crippen LogP contribution in [0.1, 0.15) is 36.9 Å². The van der Waals surface area contributed by atoms with E-state index in [1.54, 1.807) is 21.3 Å². The first kappa shape index (κ1) is 22.5. The van der Waals surface area contributed by atoms with Gasteiger partial charge in [-0.05, 0) is 63.0 Å². The number of methoxy groups -OCH3 is 3. The van der Waals surface area contributed by atoms with Gasteiger partial charge in [0, 0.05) is 7.11 Å². The van der Waals surface area contributed by atoms with Crippen LogP contribution < -0.4 is 20.1 Å². The second-order valence-corrected chi connectivity index (χ2v) is 6.72. The van der Waals surface area contributed by atoms with Crippen molar-refractivity contribution in [3.8, 4) is 11.5 Å². The molecule has 1 heterocycles. The van der Waals surface area contributed by atoms with E-state index in [2.05, 4.69) is 10.6 Å². The maximum atomic E-state index is 13.0. The first-order valence-electron chi connectivity index (χ1n) is 8.70. The first-order chi connectivity index (χ1) is 12.0. The van der Waals surface area contributed by atoms with E-state index in [1.165, 1.54) is 0 Å². The Bertz CT molecular complexity index is 598. The fourth-order valence-electron chi connectivity index (χ4n) is 3.51. The van der Waals surface area contributed by atoms with Crippen molar-refractivity contribution in [2.24, 2.45) is 5.41 Å². The normalized spacial score (nSPS) is 17.0. The lowest BCUT2D eigenvalue weighted by Crippen LogP contribution is -2.50. The van der Waals surface area contributed by atoms with Crippen LogP contribution in [0.5, 0.6) is 11.5 Å². The highest BCUT2D eigenvalue weighted by Crippen LogP contribution is 2.34. The second-order valence-electron chi connectivity index (χ2n) is 6.72. The van der Waals surface area contributed by atoms with Crippen LogP contribution in [0.2, 0.25) is 0 Å². The number of carbonyl (C=O) groups excluding carboxylic acids is 1. The number of aryl methyl sites for hydroxylation is 1. The fraction of sp³-hybridized carbons (Fsp3) is 0.632. The van der Waals surface area contributed by atoms with Gasteiger partial charge < -0.3 is 24.8 Å². The molecule has 1 fully saturated rings. The molecule has 0 aromatic heterocycles. The molecule has 1 saturated heterocycles. The summed E-state index contributed by atoms with van der Waals surface area (Å²) in [5.41, 5.74) is 1.61. The predicted molar refractivity (Wildman–Crippen MR) is 105 cm³/mol. The van der Waals surface area contributed by atoms with Crippen molar-refractivity contribution in [1.82, 2.24) is 10.6 Å². The third-order valence-electron chi connectivity index (χ3n) is 5.05. The van der Waals surface area contributed by atoms with Crippen LogP contribution in [0.4, 0.5) is 0 Å². The molecule has 1 unspecified atom stereocenters. The molecule has 2 N–H and O–H groups in total. The Kier molecular flexibility index (Phi) is 8.67. The smallest absolute Gasteiger partial charge is 0.229 e. The summed E-state index contributed by atoms with van der Waals surface area (Å²) < 4.78 is 16.1. The van der Waals surface area contributed by atoms with Gasteiger partial charge in [0.2, 0.25) is 5.91 Å². The summed E-state index contributed by atoms with van der Waals surface area (Å²) in [6.45, 7) is 6.11. The molecule has 2 rings (SSSR count). The van der Waals surface area contributed by atoms with Gasteiger partial charge in [-0.1, -0.05) is 0 Å². The summed E-state index contributed by atoms with van der Waals surface area (Å²) in [4.78, 5) is 13.0. The monoisotopic (exact) mass is 386 g/mol. The molecule has 0 bridgehead atoms. The quantitative estimate of drug-likeness (QED) is 0.753. The Morgan fingerprint density at radius 1 is 1.19 bits per heavy atom. The van der Waals surface area contributed by atoms with E-state index < -0.39 is 5.41 Å². The third-order valence-corrected chi connectivity index (χ3v) is 5.05. The number of hydrogen-bond donors (Lipinski definition) is 2. The van der Waals surface area contributed by atoms with Gasteiger partial charge in [-0.2, -0.15) is 0 Å². The Labute approximate surface area is 162 Å². The zero-order chi connectivity index (χ0) is 18.4. The maximum absolute atomic E-state index is 13.0. The molecule has 0 spiro atoms. The van der Waals surface area contributed by atoms with Gasteiger partial charge in [0.1, 0.15) is 0 Å². The average Bonchev–Trinajstić information content (AvgIpc) is 2.62. The number of halogens is 1. The van der Waals surface area contributed by atoms with Gasteiger partial charge in [-0.25, -0.2) is 0 Å². The van der Waals surface area contributed by atoms with Crippen LogP contribution in [-0.2, 0) is 9.53 Å². The molecule has 26 heavy (non-hydrogen) atoms. The van der Waals surface area contributed by atoms with Gasteiger partial charge >= 0.3 is 0 Å². The molecule has 1 atom stereocenters. The first-order valence-corrected chi connectivity index (χ1v) is 8.70. The summed E-state index contributed by atoms with van der Waals surface area (Å²) >= 11 is 0. The van der Waals surface area contributed by atoms with Crippen molar-refractivity contribution < 1.29 is 19.0 Å². The highest BCUT2D eigenvalue weighted by Gasteiger charge is 2.40. The molecular formula is C19H31ClN2O4. The summed E-state index contributed by atoms with van der Waals surface area (Å²) in [7, 11) is 4.88. The Balaban J connectivity index is 0.00000338. The third kappa shape index (κ3) is 4.81. The van der Waals surface area contributed by atoms with Crippen LogP contribution in [0, 0.1) is 12.3 Å². The lowest BCUT2D eigenvalue weighted by atomic mass is 9.78.